The third-order valence-corrected chi connectivity index (χ3v) is 3.19. The smallest absolute Gasteiger partial charge is 0.316 e. The van der Waals surface area contributed by atoms with Gasteiger partial charge in [0.1, 0.15) is 0 Å². The Morgan fingerprint density at radius 1 is 1.04 bits per heavy atom. The van der Waals surface area contributed by atoms with Gasteiger partial charge in [-0.25, -0.2) is 4.79 Å². The van der Waals surface area contributed by atoms with E-state index in [-0.39, 0.29) is 5.91 Å². The molecule has 5 nitrogen and oxygen atoms in total. The molecule has 3 amide bonds. The first kappa shape index (κ1) is 16.3. The van der Waals surface area contributed by atoms with E-state index in [1.54, 1.807) is 18.2 Å². The lowest BCUT2D eigenvalue weighted by molar-refractivity contribution is -0.116. The van der Waals surface area contributed by atoms with Crippen LogP contribution in [0, 0.1) is 6.92 Å². The molecule has 0 fully saturated rings. The number of carbonyl (C=O) groups is 2. The number of nitrogens with two attached hydrogens (primary N) is 1. The first-order valence-corrected chi connectivity index (χ1v) is 7.21. The highest BCUT2D eigenvalue weighted by molar-refractivity contribution is 5.91. The third-order valence-electron chi connectivity index (χ3n) is 3.19. The number of hydrogen-bond acceptors (Lipinski definition) is 2. The van der Waals surface area contributed by atoms with Crippen LogP contribution in [0.1, 0.15) is 16.7 Å². The van der Waals surface area contributed by atoms with Crippen molar-refractivity contribution < 1.29 is 9.59 Å². The second-order valence-electron chi connectivity index (χ2n) is 5.15. The molecule has 2 rings (SSSR count). The molecule has 0 saturated heterocycles. The van der Waals surface area contributed by atoms with Crippen molar-refractivity contribution in [1.82, 2.24) is 5.32 Å². The summed E-state index contributed by atoms with van der Waals surface area (Å²) in [7, 11) is 0. The van der Waals surface area contributed by atoms with Gasteiger partial charge in [0.25, 0.3) is 0 Å². The highest BCUT2D eigenvalue weighted by Gasteiger charge is 1.99. The molecule has 0 bridgehead atoms. The first-order valence-electron chi connectivity index (χ1n) is 7.21. The van der Waals surface area contributed by atoms with Gasteiger partial charge < -0.3 is 16.4 Å². The van der Waals surface area contributed by atoms with Crippen LogP contribution in [0.4, 0.5) is 10.5 Å². The monoisotopic (exact) mass is 309 g/mol. The highest BCUT2D eigenvalue weighted by Crippen LogP contribution is 2.09. The van der Waals surface area contributed by atoms with Crippen LogP contribution in [0.25, 0.3) is 6.08 Å². The quantitative estimate of drug-likeness (QED) is 0.742. The zero-order chi connectivity index (χ0) is 16.7. The molecule has 0 aliphatic heterocycles. The predicted molar refractivity (Wildman–Crippen MR) is 91.7 cm³/mol. The molecule has 0 unspecified atom stereocenters. The van der Waals surface area contributed by atoms with Crippen molar-refractivity contribution in [2.24, 2.45) is 5.73 Å². The molecule has 23 heavy (non-hydrogen) atoms. The van der Waals surface area contributed by atoms with Crippen molar-refractivity contribution in [2.45, 2.75) is 13.5 Å². The molecular formula is C18H19N3O2. The van der Waals surface area contributed by atoms with Gasteiger partial charge in [-0.2, -0.15) is 0 Å². The lowest BCUT2D eigenvalue weighted by atomic mass is 10.1. The average Bonchev–Trinajstić information content (AvgIpc) is 2.53. The first-order chi connectivity index (χ1) is 11.0. The summed E-state index contributed by atoms with van der Waals surface area (Å²) in [6.45, 7) is 2.43. The van der Waals surface area contributed by atoms with Crippen LogP contribution in [0.5, 0.6) is 0 Å². The van der Waals surface area contributed by atoms with E-state index in [0.717, 1.165) is 11.1 Å². The van der Waals surface area contributed by atoms with Gasteiger partial charge in [0, 0.05) is 18.3 Å². The summed E-state index contributed by atoms with van der Waals surface area (Å²) in [6, 6.07) is 14.4. The minimum absolute atomic E-state index is 0.162. The number of aryl methyl sites for hydroxylation is 1. The molecule has 0 heterocycles. The Morgan fingerprint density at radius 3 is 2.30 bits per heavy atom. The summed E-state index contributed by atoms with van der Waals surface area (Å²) >= 11 is 0. The molecule has 0 atom stereocenters. The number of carbonyl (C=O) groups excluding carboxylic acids is 2. The van der Waals surface area contributed by atoms with Crippen molar-refractivity contribution in [1.29, 1.82) is 0 Å². The number of anilines is 1. The van der Waals surface area contributed by atoms with Crippen LogP contribution in [-0.4, -0.2) is 11.9 Å². The number of benzene rings is 2. The van der Waals surface area contributed by atoms with Crippen LogP contribution in [0.3, 0.4) is 0 Å². The van der Waals surface area contributed by atoms with Gasteiger partial charge in [-0.3, -0.25) is 4.79 Å². The fraction of sp³-hybridized carbons (Fsp3) is 0.111. The zero-order valence-electron chi connectivity index (χ0n) is 12.9. The van der Waals surface area contributed by atoms with Crippen molar-refractivity contribution in [3.63, 3.8) is 0 Å². The lowest BCUT2D eigenvalue weighted by Gasteiger charge is -2.05. The third kappa shape index (κ3) is 5.67. The van der Waals surface area contributed by atoms with Crippen LogP contribution >= 0.6 is 0 Å². The normalized spacial score (nSPS) is 10.5. The summed E-state index contributed by atoms with van der Waals surface area (Å²) < 4.78 is 0. The maximum atomic E-state index is 11.8. The minimum Gasteiger partial charge on any atom is -0.351 e. The molecular weight excluding hydrogens is 290 g/mol. The van der Waals surface area contributed by atoms with Crippen LogP contribution in [-0.2, 0) is 11.3 Å². The van der Waals surface area contributed by atoms with E-state index >= 15 is 0 Å². The molecule has 2 aromatic rings. The Morgan fingerprint density at radius 2 is 1.70 bits per heavy atom. The van der Waals surface area contributed by atoms with Crippen molar-refractivity contribution in [3.05, 3.63) is 71.3 Å². The summed E-state index contributed by atoms with van der Waals surface area (Å²) in [5, 5.41) is 5.28. The Bertz CT molecular complexity index is 704. The van der Waals surface area contributed by atoms with Gasteiger partial charge in [0.15, 0.2) is 0 Å². The van der Waals surface area contributed by atoms with E-state index < -0.39 is 6.03 Å². The largest absolute Gasteiger partial charge is 0.351 e. The van der Waals surface area contributed by atoms with Gasteiger partial charge in [0.2, 0.25) is 5.91 Å². The molecule has 0 radical (unpaired) electrons. The summed E-state index contributed by atoms with van der Waals surface area (Å²) in [4.78, 5) is 22.5. The van der Waals surface area contributed by atoms with Crippen molar-refractivity contribution >= 4 is 23.7 Å². The van der Waals surface area contributed by atoms with Crippen molar-refractivity contribution in [2.75, 3.05) is 5.32 Å². The Hall–Kier alpha value is -3.08. The summed E-state index contributed by atoms with van der Waals surface area (Å²) in [5.74, 6) is -0.162. The second-order valence-corrected chi connectivity index (χ2v) is 5.15. The standard InChI is InChI=1S/C18H19N3O2/c1-13-2-4-14(5-3-13)8-11-17(22)20-12-15-6-9-16(10-7-15)21-18(19)23/h2-11H,12H2,1H3,(H,20,22)(H3,19,21,23)/b11-8+. The average molecular weight is 309 g/mol. The van der Waals surface area contributed by atoms with Gasteiger partial charge >= 0.3 is 6.03 Å². The molecule has 2 aromatic carbocycles. The predicted octanol–water partition coefficient (Wildman–Crippen LogP) is 2.82. The molecule has 4 N–H and O–H groups in total. The molecule has 0 saturated carbocycles. The fourth-order valence-corrected chi connectivity index (χ4v) is 1.95. The topological polar surface area (TPSA) is 84.2 Å². The van der Waals surface area contributed by atoms with Crippen molar-refractivity contribution in [3.8, 4) is 0 Å². The fourth-order valence-electron chi connectivity index (χ4n) is 1.95. The number of rotatable bonds is 5. The Labute approximate surface area is 135 Å². The maximum Gasteiger partial charge on any atom is 0.316 e. The molecule has 0 aliphatic rings. The van der Waals surface area contributed by atoms with E-state index in [1.807, 2.05) is 43.3 Å². The molecule has 0 aromatic heterocycles. The van der Waals surface area contributed by atoms with E-state index in [9.17, 15) is 9.59 Å². The van der Waals surface area contributed by atoms with Crippen LogP contribution in [0.2, 0.25) is 0 Å². The highest BCUT2D eigenvalue weighted by atomic mass is 16.2. The Balaban J connectivity index is 1.84. The van der Waals surface area contributed by atoms with Crippen LogP contribution in [0.15, 0.2) is 54.6 Å². The lowest BCUT2D eigenvalue weighted by Crippen LogP contribution is -2.20. The number of urea groups is 1. The molecule has 5 heteroatoms. The van der Waals surface area contributed by atoms with Gasteiger partial charge in [0.05, 0.1) is 0 Å². The summed E-state index contributed by atoms with van der Waals surface area (Å²) in [6.07, 6.45) is 3.28. The minimum atomic E-state index is -0.604. The van der Waals surface area contributed by atoms with Gasteiger partial charge in [-0.1, -0.05) is 42.0 Å². The van der Waals surface area contributed by atoms with Crippen LogP contribution < -0.4 is 16.4 Å². The van der Waals surface area contributed by atoms with E-state index in [1.165, 1.54) is 11.6 Å². The van der Waals surface area contributed by atoms with Gasteiger partial charge in [-0.05, 0) is 36.3 Å². The van der Waals surface area contributed by atoms with E-state index in [0.29, 0.717) is 12.2 Å². The number of nitrogens with one attached hydrogen (secondary N) is 2. The van der Waals surface area contributed by atoms with Gasteiger partial charge in [-0.15, -0.1) is 0 Å². The zero-order valence-corrected chi connectivity index (χ0v) is 12.9. The van der Waals surface area contributed by atoms with E-state index in [2.05, 4.69) is 10.6 Å². The molecule has 118 valence electrons. The summed E-state index contributed by atoms with van der Waals surface area (Å²) in [5.41, 5.74) is 8.74. The Kier molecular flexibility index (Phi) is 5.52. The molecule has 0 aliphatic carbocycles. The number of amides is 3. The number of primary amides is 1. The maximum absolute atomic E-state index is 11.8. The second kappa shape index (κ2) is 7.79. The number of hydrogen-bond donors (Lipinski definition) is 3. The molecule has 0 spiro atoms. The van der Waals surface area contributed by atoms with E-state index in [4.69, 9.17) is 5.73 Å². The SMILES string of the molecule is Cc1ccc(/C=C/C(=O)NCc2ccc(NC(N)=O)cc2)cc1.